The Labute approximate surface area is 114 Å². The number of nitrogens with zero attached hydrogens (tertiary/aromatic N) is 1. The van der Waals surface area contributed by atoms with Gasteiger partial charge in [-0.2, -0.15) is 0 Å². The number of hydrogen-bond acceptors (Lipinski definition) is 3. The largest absolute Gasteiger partial charge is 0.331 e. The molecule has 0 saturated heterocycles. The molecule has 19 heavy (non-hydrogen) atoms. The first-order valence-electron chi connectivity index (χ1n) is 5.76. The molecule has 0 aliphatic carbocycles. The standard InChI is InChI=1S/C13H14FN3OS/c1-8-3-4-10(14)11(5-8)17-13(18)15-6-12-16-9(2)7-19-12/h3-5,7H,6H2,1-2H3,(H2,15,17,18). The van der Waals surface area contributed by atoms with Gasteiger partial charge in [0.05, 0.1) is 12.2 Å². The highest BCUT2D eigenvalue weighted by atomic mass is 32.1. The Hall–Kier alpha value is -1.95. The van der Waals surface area contributed by atoms with Gasteiger partial charge in [-0.25, -0.2) is 14.2 Å². The van der Waals surface area contributed by atoms with Gasteiger partial charge in [0.1, 0.15) is 10.8 Å². The van der Waals surface area contributed by atoms with Crippen molar-refractivity contribution in [2.75, 3.05) is 5.32 Å². The minimum atomic E-state index is -0.453. The number of nitrogens with one attached hydrogen (secondary N) is 2. The molecular weight excluding hydrogens is 265 g/mol. The first kappa shape index (κ1) is 13.5. The van der Waals surface area contributed by atoms with Crippen LogP contribution in [0.1, 0.15) is 16.3 Å². The van der Waals surface area contributed by atoms with Crippen LogP contribution in [-0.4, -0.2) is 11.0 Å². The molecule has 0 fully saturated rings. The normalized spacial score (nSPS) is 10.3. The van der Waals surface area contributed by atoms with E-state index in [0.29, 0.717) is 6.54 Å². The van der Waals surface area contributed by atoms with Crippen LogP contribution in [0.4, 0.5) is 14.9 Å². The molecule has 0 bridgehead atoms. The molecule has 0 radical (unpaired) electrons. The number of halogens is 1. The Morgan fingerprint density at radius 3 is 2.89 bits per heavy atom. The van der Waals surface area contributed by atoms with Crippen LogP contribution in [0.5, 0.6) is 0 Å². The van der Waals surface area contributed by atoms with Gasteiger partial charge in [0, 0.05) is 11.1 Å². The Morgan fingerprint density at radius 2 is 2.21 bits per heavy atom. The topological polar surface area (TPSA) is 54.0 Å². The molecule has 2 aromatic rings. The lowest BCUT2D eigenvalue weighted by atomic mass is 10.2. The highest BCUT2D eigenvalue weighted by Crippen LogP contribution is 2.15. The number of rotatable bonds is 3. The molecule has 2 rings (SSSR count). The molecular formula is C13H14FN3OS. The Balaban J connectivity index is 1.92. The molecule has 2 N–H and O–H groups in total. The van der Waals surface area contributed by atoms with E-state index >= 15 is 0 Å². The summed E-state index contributed by atoms with van der Waals surface area (Å²) in [5.74, 6) is -0.453. The van der Waals surface area contributed by atoms with Crippen LogP contribution in [0, 0.1) is 19.7 Å². The van der Waals surface area contributed by atoms with Crippen LogP contribution in [0.25, 0.3) is 0 Å². The summed E-state index contributed by atoms with van der Waals surface area (Å²) < 4.78 is 13.4. The van der Waals surface area contributed by atoms with Crippen molar-refractivity contribution in [1.29, 1.82) is 0 Å². The number of hydrogen-bond donors (Lipinski definition) is 2. The van der Waals surface area contributed by atoms with Gasteiger partial charge in [0.15, 0.2) is 0 Å². The summed E-state index contributed by atoms with van der Waals surface area (Å²) in [6.45, 7) is 4.06. The number of benzene rings is 1. The van der Waals surface area contributed by atoms with Crippen molar-refractivity contribution in [3.05, 3.63) is 45.7 Å². The van der Waals surface area contributed by atoms with Crippen molar-refractivity contribution in [1.82, 2.24) is 10.3 Å². The molecule has 1 aromatic carbocycles. The van der Waals surface area contributed by atoms with Crippen LogP contribution in [0.2, 0.25) is 0 Å². The molecule has 6 heteroatoms. The van der Waals surface area contributed by atoms with Gasteiger partial charge in [0.2, 0.25) is 0 Å². The summed E-state index contributed by atoms with van der Waals surface area (Å²) in [7, 11) is 0. The lowest BCUT2D eigenvalue weighted by Gasteiger charge is -2.08. The molecule has 0 aliphatic heterocycles. The van der Waals surface area contributed by atoms with Gasteiger partial charge in [-0.1, -0.05) is 6.07 Å². The fraction of sp³-hybridized carbons (Fsp3) is 0.231. The third-order valence-electron chi connectivity index (χ3n) is 2.44. The second kappa shape index (κ2) is 5.79. The second-order valence-electron chi connectivity index (χ2n) is 4.17. The molecule has 0 saturated carbocycles. The number of urea groups is 1. The van der Waals surface area contributed by atoms with Gasteiger partial charge in [0.25, 0.3) is 0 Å². The van der Waals surface area contributed by atoms with E-state index in [1.54, 1.807) is 12.1 Å². The first-order valence-corrected chi connectivity index (χ1v) is 6.64. The molecule has 0 atom stereocenters. The van der Waals surface area contributed by atoms with E-state index in [9.17, 15) is 9.18 Å². The van der Waals surface area contributed by atoms with E-state index in [2.05, 4.69) is 15.6 Å². The zero-order valence-corrected chi connectivity index (χ0v) is 11.5. The smallest absolute Gasteiger partial charge is 0.319 e. The number of aromatic nitrogens is 1. The lowest BCUT2D eigenvalue weighted by Crippen LogP contribution is -2.28. The van der Waals surface area contributed by atoms with Gasteiger partial charge >= 0.3 is 6.03 Å². The second-order valence-corrected chi connectivity index (χ2v) is 5.12. The Bertz CT molecular complexity index is 597. The van der Waals surface area contributed by atoms with Crippen LogP contribution < -0.4 is 10.6 Å². The zero-order chi connectivity index (χ0) is 13.8. The van der Waals surface area contributed by atoms with E-state index in [1.165, 1.54) is 17.4 Å². The summed E-state index contributed by atoms with van der Waals surface area (Å²) >= 11 is 1.48. The number of carbonyl (C=O) groups excluding carboxylic acids is 1. The SMILES string of the molecule is Cc1ccc(F)c(NC(=O)NCc2nc(C)cs2)c1. The van der Waals surface area contributed by atoms with E-state index < -0.39 is 11.8 Å². The number of amides is 2. The van der Waals surface area contributed by atoms with Crippen LogP contribution in [0.3, 0.4) is 0 Å². The van der Waals surface area contributed by atoms with Gasteiger partial charge in [-0.15, -0.1) is 11.3 Å². The van der Waals surface area contributed by atoms with E-state index in [1.807, 2.05) is 19.2 Å². The monoisotopic (exact) mass is 279 g/mol. The molecule has 0 aliphatic rings. The average Bonchev–Trinajstić information content (AvgIpc) is 2.77. The molecule has 0 spiro atoms. The first-order chi connectivity index (χ1) is 9.04. The number of thiazole rings is 1. The Kier molecular flexibility index (Phi) is 4.11. The highest BCUT2D eigenvalue weighted by Gasteiger charge is 2.07. The summed E-state index contributed by atoms with van der Waals surface area (Å²) in [5.41, 5.74) is 1.98. The van der Waals surface area contributed by atoms with Crippen molar-refractivity contribution in [3.8, 4) is 0 Å². The fourth-order valence-electron chi connectivity index (χ4n) is 1.54. The van der Waals surface area contributed by atoms with Gasteiger partial charge < -0.3 is 10.6 Å². The average molecular weight is 279 g/mol. The van der Waals surface area contributed by atoms with Crippen molar-refractivity contribution < 1.29 is 9.18 Å². The third kappa shape index (κ3) is 3.75. The zero-order valence-electron chi connectivity index (χ0n) is 10.7. The van der Waals surface area contributed by atoms with Crippen LogP contribution >= 0.6 is 11.3 Å². The fourth-order valence-corrected chi connectivity index (χ4v) is 2.25. The Morgan fingerprint density at radius 1 is 1.42 bits per heavy atom. The molecule has 1 aromatic heterocycles. The summed E-state index contributed by atoms with van der Waals surface area (Å²) in [6.07, 6.45) is 0. The molecule has 100 valence electrons. The predicted molar refractivity (Wildman–Crippen MR) is 73.8 cm³/mol. The molecule has 1 heterocycles. The lowest BCUT2D eigenvalue weighted by molar-refractivity contribution is 0.251. The van der Waals surface area contributed by atoms with Crippen LogP contribution in [-0.2, 0) is 6.54 Å². The summed E-state index contributed by atoms with van der Waals surface area (Å²) in [6, 6.07) is 4.12. The third-order valence-corrected chi connectivity index (χ3v) is 3.40. The summed E-state index contributed by atoms with van der Waals surface area (Å²) in [5, 5.41) is 7.85. The molecule has 0 unspecified atom stereocenters. The number of anilines is 1. The maximum Gasteiger partial charge on any atom is 0.319 e. The van der Waals surface area contributed by atoms with Crippen LogP contribution in [0.15, 0.2) is 23.6 Å². The van der Waals surface area contributed by atoms with Crippen molar-refractivity contribution in [3.63, 3.8) is 0 Å². The van der Waals surface area contributed by atoms with Crippen molar-refractivity contribution in [2.45, 2.75) is 20.4 Å². The van der Waals surface area contributed by atoms with E-state index in [0.717, 1.165) is 16.3 Å². The minimum absolute atomic E-state index is 0.174. The maximum absolute atomic E-state index is 13.4. The number of carbonyl (C=O) groups is 1. The van der Waals surface area contributed by atoms with Gasteiger partial charge in [-0.3, -0.25) is 0 Å². The molecule has 4 nitrogen and oxygen atoms in total. The van der Waals surface area contributed by atoms with E-state index in [-0.39, 0.29) is 5.69 Å². The predicted octanol–water partition coefficient (Wildman–Crippen LogP) is 3.22. The van der Waals surface area contributed by atoms with Crippen molar-refractivity contribution >= 4 is 23.1 Å². The summed E-state index contributed by atoms with van der Waals surface area (Å²) in [4.78, 5) is 15.9. The molecule has 2 amide bonds. The van der Waals surface area contributed by atoms with Gasteiger partial charge in [-0.05, 0) is 31.5 Å². The van der Waals surface area contributed by atoms with E-state index in [4.69, 9.17) is 0 Å². The minimum Gasteiger partial charge on any atom is -0.331 e. The van der Waals surface area contributed by atoms with Crippen molar-refractivity contribution in [2.24, 2.45) is 0 Å². The highest BCUT2D eigenvalue weighted by molar-refractivity contribution is 7.09. The quantitative estimate of drug-likeness (QED) is 0.906. The number of aryl methyl sites for hydroxylation is 2. The maximum atomic E-state index is 13.4.